The average molecular weight is 341 g/mol. The van der Waals surface area contributed by atoms with Crippen LogP contribution in [0.25, 0.3) is 0 Å². The van der Waals surface area contributed by atoms with Crippen LogP contribution in [0.15, 0.2) is 28.8 Å². The van der Waals surface area contributed by atoms with Crippen LogP contribution in [0.1, 0.15) is 61.2 Å². The molecule has 1 amide bonds. The number of nitrogens with zero attached hydrogens (tertiary/aromatic N) is 2. The number of amides is 1. The van der Waals surface area contributed by atoms with E-state index < -0.39 is 0 Å². The largest absolute Gasteiger partial charge is 0.497 e. The van der Waals surface area contributed by atoms with Crippen LogP contribution >= 0.6 is 0 Å². The minimum absolute atomic E-state index is 0.0145. The van der Waals surface area contributed by atoms with Crippen molar-refractivity contribution in [2.24, 2.45) is 0 Å². The lowest BCUT2D eigenvalue weighted by atomic mass is 10.1. The molecule has 0 saturated heterocycles. The number of benzene rings is 1. The molecule has 2 aromatic rings. The first-order valence-corrected chi connectivity index (χ1v) is 8.98. The number of rotatable bonds is 6. The number of methoxy groups -OCH3 is 1. The Hall–Kier alpha value is -2.37. The monoisotopic (exact) mass is 341 g/mol. The van der Waals surface area contributed by atoms with Crippen LogP contribution in [0, 0.1) is 0 Å². The van der Waals surface area contributed by atoms with Crippen LogP contribution in [0.2, 0.25) is 0 Å². The third kappa shape index (κ3) is 3.67. The van der Waals surface area contributed by atoms with Crippen LogP contribution in [0.4, 0.5) is 0 Å². The maximum Gasteiger partial charge on any atom is 0.230 e. The third-order valence-electron chi connectivity index (χ3n) is 5.15. The summed E-state index contributed by atoms with van der Waals surface area (Å²) in [7, 11) is 1.67. The number of aromatic nitrogens is 2. The van der Waals surface area contributed by atoms with Crippen molar-refractivity contribution >= 4 is 5.91 Å². The number of carbonyl (C=O) groups is 1. The zero-order valence-corrected chi connectivity index (χ0v) is 14.4. The highest BCUT2D eigenvalue weighted by atomic mass is 16.5. The maximum atomic E-state index is 12.1. The Labute approximate surface area is 147 Å². The summed E-state index contributed by atoms with van der Waals surface area (Å²) in [6, 6.07) is 8.40. The Bertz CT molecular complexity index is 752. The number of hydrogen-bond donors (Lipinski definition) is 1. The zero-order valence-electron chi connectivity index (χ0n) is 14.4. The first-order valence-electron chi connectivity index (χ1n) is 8.98. The average Bonchev–Trinajstić information content (AvgIpc) is 3.00. The summed E-state index contributed by atoms with van der Waals surface area (Å²) in [5.41, 5.74) is 1.23. The number of ether oxygens (including phenoxy) is 1. The molecule has 4 rings (SSSR count). The van der Waals surface area contributed by atoms with Gasteiger partial charge in [0, 0.05) is 12.0 Å². The molecule has 1 N–H and O–H groups in total. The molecule has 1 aromatic carbocycles. The van der Waals surface area contributed by atoms with Gasteiger partial charge < -0.3 is 14.6 Å². The van der Waals surface area contributed by atoms with Gasteiger partial charge in [0.15, 0.2) is 5.82 Å². The summed E-state index contributed by atoms with van der Waals surface area (Å²) >= 11 is 0. The van der Waals surface area contributed by atoms with Gasteiger partial charge in [-0.25, -0.2) is 0 Å². The Morgan fingerprint density at radius 1 is 1.32 bits per heavy atom. The fraction of sp³-hybridized carbons (Fsp3) is 0.526. The minimum Gasteiger partial charge on any atom is -0.497 e. The molecule has 2 saturated carbocycles. The van der Waals surface area contributed by atoms with Crippen molar-refractivity contribution in [3.8, 4) is 5.75 Å². The summed E-state index contributed by atoms with van der Waals surface area (Å²) in [6.45, 7) is 0. The van der Waals surface area contributed by atoms with Crippen molar-refractivity contribution in [2.75, 3.05) is 7.11 Å². The number of hydrogen-bond acceptors (Lipinski definition) is 5. The topological polar surface area (TPSA) is 77.2 Å². The van der Waals surface area contributed by atoms with Crippen molar-refractivity contribution in [1.29, 1.82) is 0 Å². The van der Waals surface area contributed by atoms with Gasteiger partial charge in [0.25, 0.3) is 0 Å². The highest BCUT2D eigenvalue weighted by Crippen LogP contribution is 2.54. The van der Waals surface area contributed by atoms with Gasteiger partial charge in [-0.1, -0.05) is 30.1 Å². The standard InChI is InChI=1S/C19H23N3O3/c1-24-14-8-4-5-12(9-14)15-10-16(15)19-21-17(22-25-19)11-18(23)20-13-6-2-3-7-13/h4-5,8-9,13,15-16H,2-3,6-7,10-11H2,1H3,(H,20,23)/t15-,16+/m1/s1. The smallest absolute Gasteiger partial charge is 0.230 e. The van der Waals surface area contributed by atoms with Crippen LogP contribution in [-0.4, -0.2) is 29.2 Å². The van der Waals surface area contributed by atoms with E-state index in [0.29, 0.717) is 23.7 Å². The quantitative estimate of drug-likeness (QED) is 0.874. The Morgan fingerprint density at radius 2 is 2.16 bits per heavy atom. The lowest BCUT2D eigenvalue weighted by Gasteiger charge is -2.10. The molecule has 2 aliphatic rings. The highest BCUT2D eigenvalue weighted by Gasteiger charge is 2.43. The molecule has 0 unspecified atom stereocenters. The van der Waals surface area contributed by atoms with Gasteiger partial charge in [-0.15, -0.1) is 0 Å². The van der Waals surface area contributed by atoms with Gasteiger partial charge in [0.05, 0.1) is 13.5 Å². The van der Waals surface area contributed by atoms with Crippen molar-refractivity contribution < 1.29 is 14.1 Å². The first kappa shape index (κ1) is 16.1. The molecule has 0 aliphatic heterocycles. The molecule has 2 atom stereocenters. The predicted octanol–water partition coefficient (Wildman–Crippen LogP) is 2.95. The molecule has 1 aromatic heterocycles. The first-order chi connectivity index (χ1) is 12.2. The van der Waals surface area contributed by atoms with E-state index in [2.05, 4.69) is 27.6 Å². The van der Waals surface area contributed by atoms with Gasteiger partial charge >= 0.3 is 0 Å². The van der Waals surface area contributed by atoms with E-state index in [1.54, 1.807) is 7.11 Å². The fourth-order valence-corrected chi connectivity index (χ4v) is 3.69. The third-order valence-corrected chi connectivity index (χ3v) is 5.15. The maximum absolute atomic E-state index is 12.1. The molecule has 0 spiro atoms. The Kier molecular flexibility index (Phi) is 4.42. The van der Waals surface area contributed by atoms with Crippen molar-refractivity contribution in [3.05, 3.63) is 41.5 Å². The molecule has 0 bridgehead atoms. The molecule has 25 heavy (non-hydrogen) atoms. The van der Waals surface area contributed by atoms with E-state index in [1.165, 1.54) is 18.4 Å². The molecular formula is C19H23N3O3. The molecular weight excluding hydrogens is 318 g/mol. The van der Waals surface area contributed by atoms with Crippen molar-refractivity contribution in [2.45, 2.75) is 56.4 Å². The van der Waals surface area contributed by atoms with E-state index in [4.69, 9.17) is 9.26 Å². The van der Waals surface area contributed by atoms with Gasteiger partial charge in [-0.05, 0) is 42.9 Å². The molecule has 6 nitrogen and oxygen atoms in total. The van der Waals surface area contributed by atoms with Crippen LogP contribution < -0.4 is 10.1 Å². The summed E-state index contributed by atoms with van der Waals surface area (Å²) in [6.07, 6.45) is 5.73. The minimum atomic E-state index is -0.0145. The lowest BCUT2D eigenvalue weighted by molar-refractivity contribution is -0.121. The molecule has 2 aliphatic carbocycles. The second-order valence-corrected chi connectivity index (χ2v) is 7.00. The van der Waals surface area contributed by atoms with E-state index >= 15 is 0 Å². The highest BCUT2D eigenvalue weighted by molar-refractivity contribution is 5.78. The van der Waals surface area contributed by atoms with E-state index in [0.717, 1.165) is 25.0 Å². The summed E-state index contributed by atoms with van der Waals surface area (Å²) < 4.78 is 10.7. The summed E-state index contributed by atoms with van der Waals surface area (Å²) in [5, 5.41) is 7.04. The molecule has 6 heteroatoms. The van der Waals surface area contributed by atoms with Gasteiger partial charge in [0.2, 0.25) is 11.8 Å². The zero-order chi connectivity index (χ0) is 17.2. The Balaban J connectivity index is 1.34. The molecule has 2 fully saturated rings. The van der Waals surface area contributed by atoms with Crippen LogP contribution in [-0.2, 0) is 11.2 Å². The lowest BCUT2D eigenvalue weighted by Crippen LogP contribution is -2.33. The van der Waals surface area contributed by atoms with Crippen molar-refractivity contribution in [3.63, 3.8) is 0 Å². The summed E-state index contributed by atoms with van der Waals surface area (Å²) in [4.78, 5) is 16.5. The van der Waals surface area contributed by atoms with Gasteiger partial charge in [-0.3, -0.25) is 4.79 Å². The fourth-order valence-electron chi connectivity index (χ4n) is 3.69. The normalized spacial score (nSPS) is 22.8. The van der Waals surface area contributed by atoms with Crippen LogP contribution in [0.5, 0.6) is 5.75 Å². The van der Waals surface area contributed by atoms with E-state index in [1.807, 2.05) is 12.1 Å². The van der Waals surface area contributed by atoms with E-state index in [9.17, 15) is 4.79 Å². The molecule has 1 heterocycles. The number of nitrogens with one attached hydrogen (secondary N) is 1. The number of carbonyl (C=O) groups excluding carboxylic acids is 1. The van der Waals surface area contributed by atoms with E-state index in [-0.39, 0.29) is 18.2 Å². The second kappa shape index (κ2) is 6.86. The van der Waals surface area contributed by atoms with Crippen LogP contribution in [0.3, 0.4) is 0 Å². The van der Waals surface area contributed by atoms with Gasteiger partial charge in [0.1, 0.15) is 5.75 Å². The Morgan fingerprint density at radius 3 is 2.96 bits per heavy atom. The molecule has 132 valence electrons. The SMILES string of the molecule is COc1cccc([C@H]2C[C@@H]2c2nc(CC(=O)NC3CCCC3)no2)c1. The second-order valence-electron chi connectivity index (χ2n) is 7.00. The predicted molar refractivity (Wildman–Crippen MR) is 91.5 cm³/mol. The van der Waals surface area contributed by atoms with Crippen molar-refractivity contribution in [1.82, 2.24) is 15.5 Å². The summed E-state index contributed by atoms with van der Waals surface area (Å²) in [5.74, 6) is 2.58. The van der Waals surface area contributed by atoms with Gasteiger partial charge in [-0.2, -0.15) is 4.98 Å². The molecule has 0 radical (unpaired) electrons.